The lowest BCUT2D eigenvalue weighted by molar-refractivity contribution is -0.145. The van der Waals surface area contributed by atoms with Crippen LogP contribution in [-0.2, 0) is 14.3 Å². The molecule has 0 spiro atoms. The van der Waals surface area contributed by atoms with Crippen molar-refractivity contribution >= 4 is 5.97 Å². The Balaban J connectivity index is 2.48. The van der Waals surface area contributed by atoms with E-state index in [4.69, 9.17) is 9.47 Å². The number of esters is 1. The summed E-state index contributed by atoms with van der Waals surface area (Å²) in [5.41, 5.74) is -0.132. The lowest BCUT2D eigenvalue weighted by Crippen LogP contribution is -2.53. The summed E-state index contributed by atoms with van der Waals surface area (Å²) in [4.78, 5) is 13.7. The molecule has 0 saturated carbocycles. The van der Waals surface area contributed by atoms with Crippen LogP contribution < -0.4 is 5.32 Å². The van der Waals surface area contributed by atoms with Gasteiger partial charge in [0, 0.05) is 19.6 Å². The Morgan fingerprint density at radius 3 is 2.81 bits per heavy atom. The average Bonchev–Trinajstić information content (AvgIpc) is 2.23. The molecule has 1 aliphatic rings. The van der Waals surface area contributed by atoms with E-state index in [1.807, 2.05) is 0 Å². The summed E-state index contributed by atoms with van der Waals surface area (Å²) in [6, 6.07) is -0.265. The van der Waals surface area contributed by atoms with Crippen molar-refractivity contribution in [3.63, 3.8) is 0 Å². The minimum absolute atomic E-state index is 0.132. The first-order chi connectivity index (χ1) is 7.48. The highest BCUT2D eigenvalue weighted by atomic mass is 16.5. The molecule has 0 aromatic carbocycles. The summed E-state index contributed by atoms with van der Waals surface area (Å²) >= 11 is 0. The van der Waals surface area contributed by atoms with Crippen LogP contribution in [0.3, 0.4) is 0 Å². The molecule has 16 heavy (non-hydrogen) atoms. The predicted molar refractivity (Wildman–Crippen MR) is 61.3 cm³/mol. The summed E-state index contributed by atoms with van der Waals surface area (Å²) in [5, 5.41) is 2.97. The molecule has 1 aliphatic heterocycles. The Kier molecular flexibility index (Phi) is 4.70. The predicted octanol–water partition coefficient (Wildman–Crippen LogP) is -0.142. The van der Waals surface area contributed by atoms with Crippen molar-refractivity contribution in [2.24, 2.45) is 0 Å². The second-order valence-electron chi connectivity index (χ2n) is 4.71. The van der Waals surface area contributed by atoms with Crippen molar-refractivity contribution in [3.05, 3.63) is 0 Å². The molecule has 1 saturated heterocycles. The van der Waals surface area contributed by atoms with Gasteiger partial charge in [0.25, 0.3) is 0 Å². The van der Waals surface area contributed by atoms with Gasteiger partial charge in [0.05, 0.1) is 19.3 Å². The Labute approximate surface area is 97.1 Å². The first-order valence-corrected chi connectivity index (χ1v) is 5.60. The van der Waals surface area contributed by atoms with E-state index >= 15 is 0 Å². The monoisotopic (exact) mass is 230 g/mol. The van der Waals surface area contributed by atoms with Crippen molar-refractivity contribution in [1.29, 1.82) is 0 Å². The van der Waals surface area contributed by atoms with Gasteiger partial charge in [-0.3, -0.25) is 9.69 Å². The highest BCUT2D eigenvalue weighted by Gasteiger charge is 2.30. The van der Waals surface area contributed by atoms with Gasteiger partial charge in [-0.15, -0.1) is 0 Å². The number of methoxy groups -OCH3 is 1. The van der Waals surface area contributed by atoms with Crippen LogP contribution in [0.2, 0.25) is 0 Å². The second kappa shape index (κ2) is 5.61. The van der Waals surface area contributed by atoms with E-state index in [0.717, 1.165) is 13.1 Å². The quantitative estimate of drug-likeness (QED) is 0.681. The molecular weight excluding hydrogens is 208 g/mol. The molecule has 0 bridgehead atoms. The molecule has 94 valence electrons. The first kappa shape index (κ1) is 13.4. The molecule has 5 heteroatoms. The van der Waals surface area contributed by atoms with E-state index in [1.54, 1.807) is 7.05 Å². The van der Waals surface area contributed by atoms with Crippen LogP contribution in [-0.4, -0.2) is 62.9 Å². The van der Waals surface area contributed by atoms with Gasteiger partial charge < -0.3 is 14.8 Å². The fourth-order valence-electron chi connectivity index (χ4n) is 1.95. The van der Waals surface area contributed by atoms with Crippen LogP contribution in [0.1, 0.15) is 13.8 Å². The molecule has 1 fully saturated rings. The molecule has 0 aliphatic carbocycles. The summed E-state index contributed by atoms with van der Waals surface area (Å²) in [5.74, 6) is -0.216. The molecule has 0 aromatic heterocycles. The van der Waals surface area contributed by atoms with Crippen molar-refractivity contribution in [2.45, 2.75) is 25.5 Å². The number of ether oxygens (including phenoxy) is 2. The zero-order valence-electron chi connectivity index (χ0n) is 10.6. The molecule has 0 radical (unpaired) electrons. The standard InChI is InChI=1S/C11H22N2O3/c1-11(2)8-13(5-6-16-11)7-9(12-3)10(14)15-4/h9,12H,5-8H2,1-4H3. The molecule has 5 nitrogen and oxygen atoms in total. The topological polar surface area (TPSA) is 50.8 Å². The number of likely N-dealkylation sites (N-methyl/N-ethyl adjacent to an activating group) is 1. The number of nitrogens with one attached hydrogen (secondary N) is 1. The lowest BCUT2D eigenvalue weighted by atomic mass is 10.1. The van der Waals surface area contributed by atoms with Gasteiger partial charge in [0.15, 0.2) is 0 Å². The highest BCUT2D eigenvalue weighted by Crippen LogP contribution is 2.16. The maximum absolute atomic E-state index is 11.4. The number of carbonyl (C=O) groups is 1. The summed E-state index contributed by atoms with van der Waals surface area (Å²) in [7, 11) is 3.18. The summed E-state index contributed by atoms with van der Waals surface area (Å²) < 4.78 is 10.4. The minimum atomic E-state index is -0.265. The number of morpholine rings is 1. The van der Waals surface area contributed by atoms with E-state index in [2.05, 4.69) is 24.1 Å². The Bertz CT molecular complexity index is 243. The van der Waals surface area contributed by atoms with Crippen LogP contribution in [0.5, 0.6) is 0 Å². The molecule has 1 rings (SSSR count). The van der Waals surface area contributed by atoms with Gasteiger partial charge in [-0.05, 0) is 20.9 Å². The average molecular weight is 230 g/mol. The Morgan fingerprint density at radius 1 is 1.62 bits per heavy atom. The Morgan fingerprint density at radius 2 is 2.31 bits per heavy atom. The summed E-state index contributed by atoms with van der Waals surface area (Å²) in [6.07, 6.45) is 0. The normalized spacial score (nSPS) is 22.8. The van der Waals surface area contributed by atoms with E-state index in [-0.39, 0.29) is 17.6 Å². The van der Waals surface area contributed by atoms with Crippen molar-refractivity contribution < 1.29 is 14.3 Å². The fraction of sp³-hybridized carbons (Fsp3) is 0.909. The van der Waals surface area contributed by atoms with Crippen molar-refractivity contribution in [2.75, 3.05) is 40.4 Å². The summed E-state index contributed by atoms with van der Waals surface area (Å²) in [6.45, 7) is 7.19. The minimum Gasteiger partial charge on any atom is -0.468 e. The number of hydrogen-bond acceptors (Lipinski definition) is 5. The van der Waals surface area contributed by atoms with Gasteiger partial charge in [0.2, 0.25) is 0 Å². The second-order valence-corrected chi connectivity index (χ2v) is 4.71. The van der Waals surface area contributed by atoms with Gasteiger partial charge in [-0.2, -0.15) is 0 Å². The maximum Gasteiger partial charge on any atom is 0.324 e. The number of carbonyl (C=O) groups excluding carboxylic acids is 1. The maximum atomic E-state index is 11.4. The van der Waals surface area contributed by atoms with E-state index in [1.165, 1.54) is 7.11 Å². The van der Waals surface area contributed by atoms with Crippen molar-refractivity contribution in [1.82, 2.24) is 10.2 Å². The zero-order valence-corrected chi connectivity index (χ0v) is 10.6. The van der Waals surface area contributed by atoms with Gasteiger partial charge in [-0.25, -0.2) is 0 Å². The van der Waals surface area contributed by atoms with E-state index in [9.17, 15) is 4.79 Å². The number of hydrogen-bond donors (Lipinski definition) is 1. The smallest absolute Gasteiger partial charge is 0.324 e. The van der Waals surface area contributed by atoms with Crippen LogP contribution in [0, 0.1) is 0 Å². The largest absolute Gasteiger partial charge is 0.468 e. The third-order valence-electron chi connectivity index (χ3n) is 2.78. The van der Waals surface area contributed by atoms with Crippen LogP contribution >= 0.6 is 0 Å². The van der Waals surface area contributed by atoms with Crippen LogP contribution in [0.4, 0.5) is 0 Å². The first-order valence-electron chi connectivity index (χ1n) is 5.60. The van der Waals surface area contributed by atoms with E-state index in [0.29, 0.717) is 13.2 Å². The highest BCUT2D eigenvalue weighted by molar-refractivity contribution is 5.75. The molecule has 1 unspecified atom stereocenters. The fourth-order valence-corrected chi connectivity index (χ4v) is 1.95. The van der Waals surface area contributed by atoms with Gasteiger partial charge in [-0.1, -0.05) is 0 Å². The SMILES string of the molecule is CNC(CN1CCOC(C)(C)C1)C(=O)OC. The molecule has 1 atom stereocenters. The Hall–Kier alpha value is -0.650. The van der Waals surface area contributed by atoms with E-state index < -0.39 is 0 Å². The molecule has 1 N–H and O–H groups in total. The third-order valence-corrected chi connectivity index (χ3v) is 2.78. The number of nitrogens with zero attached hydrogens (tertiary/aromatic N) is 1. The molecule has 0 amide bonds. The van der Waals surface area contributed by atoms with Crippen LogP contribution in [0.15, 0.2) is 0 Å². The van der Waals surface area contributed by atoms with Crippen molar-refractivity contribution in [3.8, 4) is 0 Å². The zero-order chi connectivity index (χ0) is 12.2. The van der Waals surface area contributed by atoms with Gasteiger partial charge >= 0.3 is 5.97 Å². The van der Waals surface area contributed by atoms with Gasteiger partial charge in [0.1, 0.15) is 6.04 Å². The lowest BCUT2D eigenvalue weighted by Gasteiger charge is -2.39. The molecule has 1 heterocycles. The molecule has 0 aromatic rings. The molecular formula is C11H22N2O3. The third kappa shape index (κ3) is 3.73. The van der Waals surface area contributed by atoms with Crippen LogP contribution in [0.25, 0.3) is 0 Å². The number of rotatable bonds is 4.